The highest BCUT2D eigenvalue weighted by Crippen LogP contribution is 2.36. The molecule has 1 aromatic heterocycles. The summed E-state index contributed by atoms with van der Waals surface area (Å²) in [5, 5.41) is 6.11. The van der Waals surface area contributed by atoms with Crippen molar-refractivity contribution < 1.29 is 27.8 Å². The monoisotopic (exact) mass is 583 g/mol. The van der Waals surface area contributed by atoms with Crippen LogP contribution in [-0.4, -0.2) is 50.9 Å². The topological polar surface area (TPSA) is 143 Å². The Labute approximate surface area is 237 Å². The third-order valence-corrected chi connectivity index (χ3v) is 6.62. The summed E-state index contributed by atoms with van der Waals surface area (Å²) in [5.41, 5.74) is 1.85. The summed E-state index contributed by atoms with van der Waals surface area (Å²) in [6.45, 7) is 2.02. The maximum Gasteiger partial charge on any atom is 0.307 e. The van der Waals surface area contributed by atoms with Gasteiger partial charge in [0.05, 0.1) is 47.6 Å². The maximum absolute atomic E-state index is 12.8. The molecule has 0 spiro atoms. The Morgan fingerprint density at radius 3 is 2.50 bits per heavy atom. The molecule has 0 fully saturated rings. The fraction of sp³-hybridized carbons (Fsp3) is 0.185. The minimum atomic E-state index is -2.62. The molecule has 0 bridgehead atoms. The van der Waals surface area contributed by atoms with Gasteiger partial charge in [0.1, 0.15) is 5.75 Å². The Kier molecular flexibility index (Phi) is 9.48. The molecule has 208 valence electrons. The van der Waals surface area contributed by atoms with Crippen molar-refractivity contribution in [2.75, 3.05) is 29.9 Å². The number of carbonyl (C=O) groups is 2. The summed E-state index contributed by atoms with van der Waals surface area (Å²) >= 11 is 3.78. The van der Waals surface area contributed by atoms with Crippen molar-refractivity contribution >= 4 is 68.8 Å². The number of esters is 1. The Bertz CT molecular complexity index is 1570. The number of hydrogen-bond donors (Lipinski definition) is 3. The lowest BCUT2D eigenvalue weighted by Gasteiger charge is -2.23. The van der Waals surface area contributed by atoms with Gasteiger partial charge < -0.3 is 20.1 Å². The number of carbonyl (C=O) groups excluding carboxylic acids is 2. The lowest BCUT2D eigenvalue weighted by atomic mass is 10.2. The number of anilines is 4. The van der Waals surface area contributed by atoms with Gasteiger partial charge in [0.2, 0.25) is 0 Å². The van der Waals surface area contributed by atoms with Crippen molar-refractivity contribution in [3.8, 4) is 5.75 Å². The SMILES string of the molecule is CCOC(=O)CCNC(=O)c1cccc(N(c2nc3ccccc3nc2Nc2cc(OC)ccc2Cl)S(=O)O)c1. The van der Waals surface area contributed by atoms with E-state index in [0.717, 1.165) is 4.31 Å². The van der Waals surface area contributed by atoms with Crippen LogP contribution in [0.25, 0.3) is 11.0 Å². The molecule has 1 unspecified atom stereocenters. The molecule has 1 heterocycles. The smallest absolute Gasteiger partial charge is 0.307 e. The zero-order valence-corrected chi connectivity index (χ0v) is 23.2. The zero-order valence-electron chi connectivity index (χ0n) is 21.6. The van der Waals surface area contributed by atoms with E-state index in [4.69, 9.17) is 21.1 Å². The molecular weight excluding hydrogens is 558 g/mol. The van der Waals surface area contributed by atoms with E-state index < -0.39 is 23.1 Å². The van der Waals surface area contributed by atoms with Crippen LogP contribution < -0.4 is 19.7 Å². The molecule has 4 aromatic rings. The summed E-state index contributed by atoms with van der Waals surface area (Å²) in [5.74, 6) is -0.212. The van der Waals surface area contributed by atoms with Crippen molar-refractivity contribution in [1.82, 2.24) is 15.3 Å². The van der Waals surface area contributed by atoms with Crippen LogP contribution in [0.2, 0.25) is 5.02 Å². The van der Waals surface area contributed by atoms with Gasteiger partial charge in [-0.15, -0.1) is 0 Å². The fourth-order valence-electron chi connectivity index (χ4n) is 3.74. The number of para-hydroxylation sites is 2. The van der Waals surface area contributed by atoms with E-state index in [1.165, 1.54) is 13.2 Å². The Balaban J connectivity index is 1.72. The molecule has 3 N–H and O–H groups in total. The van der Waals surface area contributed by atoms with Gasteiger partial charge in [-0.05, 0) is 49.4 Å². The van der Waals surface area contributed by atoms with Gasteiger partial charge in [-0.25, -0.2) is 18.5 Å². The first kappa shape index (κ1) is 28.7. The standard InChI is InChI=1S/C27H26ClN5O6S/c1-3-39-24(34)13-14-29-27(35)17-7-6-8-18(15-17)33(40(36)37)26-25(30-21-9-4-5-10-22(21)32-26)31-23-16-19(38-2)11-12-20(23)28/h4-12,15-16H,3,13-14H2,1-2H3,(H,29,35)(H,30,31)(H,36,37). The lowest BCUT2D eigenvalue weighted by Crippen LogP contribution is -2.27. The van der Waals surface area contributed by atoms with Crippen molar-refractivity contribution in [3.05, 3.63) is 77.3 Å². The second-order valence-corrected chi connectivity index (χ2v) is 9.48. The number of nitrogens with zero attached hydrogens (tertiary/aromatic N) is 3. The second kappa shape index (κ2) is 13.2. The summed E-state index contributed by atoms with van der Waals surface area (Å²) < 4.78 is 34.3. The predicted molar refractivity (Wildman–Crippen MR) is 154 cm³/mol. The molecule has 0 saturated carbocycles. The molecule has 1 amide bonds. The molecule has 0 aliphatic carbocycles. The maximum atomic E-state index is 12.8. The number of nitrogens with one attached hydrogen (secondary N) is 2. The number of ether oxygens (including phenoxy) is 2. The molecule has 13 heteroatoms. The summed E-state index contributed by atoms with van der Waals surface area (Å²) in [6, 6.07) is 18.1. The largest absolute Gasteiger partial charge is 0.497 e. The number of methoxy groups -OCH3 is 1. The van der Waals surface area contributed by atoms with E-state index in [2.05, 4.69) is 20.6 Å². The number of fused-ring (bicyclic) bond motifs is 1. The van der Waals surface area contributed by atoms with E-state index in [0.29, 0.717) is 27.5 Å². The van der Waals surface area contributed by atoms with Gasteiger partial charge in [-0.3, -0.25) is 14.1 Å². The highest BCUT2D eigenvalue weighted by atomic mass is 35.5. The zero-order chi connectivity index (χ0) is 28.6. The van der Waals surface area contributed by atoms with Crippen molar-refractivity contribution in [1.29, 1.82) is 0 Å². The third-order valence-electron chi connectivity index (χ3n) is 5.59. The summed E-state index contributed by atoms with van der Waals surface area (Å²) in [7, 11) is 1.52. The highest BCUT2D eigenvalue weighted by molar-refractivity contribution is 7.81. The van der Waals surface area contributed by atoms with Crippen LogP contribution in [0, 0.1) is 0 Å². The van der Waals surface area contributed by atoms with Crippen molar-refractivity contribution in [3.63, 3.8) is 0 Å². The number of rotatable bonds is 11. The van der Waals surface area contributed by atoms with E-state index in [-0.39, 0.29) is 42.5 Å². The average Bonchev–Trinajstić information content (AvgIpc) is 2.94. The van der Waals surface area contributed by atoms with Crippen LogP contribution in [0.1, 0.15) is 23.7 Å². The Morgan fingerprint density at radius 2 is 1.80 bits per heavy atom. The first-order valence-corrected chi connectivity index (χ1v) is 13.6. The summed E-state index contributed by atoms with van der Waals surface area (Å²) in [4.78, 5) is 33.6. The fourth-order valence-corrected chi connectivity index (χ4v) is 4.48. The van der Waals surface area contributed by atoms with E-state index in [1.54, 1.807) is 67.6 Å². The molecule has 4 rings (SSSR count). The van der Waals surface area contributed by atoms with Crippen LogP contribution in [0.5, 0.6) is 5.75 Å². The van der Waals surface area contributed by atoms with Gasteiger partial charge in [0.15, 0.2) is 11.6 Å². The van der Waals surface area contributed by atoms with Crippen LogP contribution in [0.15, 0.2) is 66.7 Å². The quantitative estimate of drug-likeness (QED) is 0.164. The normalized spacial score (nSPS) is 11.5. The van der Waals surface area contributed by atoms with Gasteiger partial charge in [-0.2, -0.15) is 0 Å². The molecule has 40 heavy (non-hydrogen) atoms. The molecule has 0 aliphatic rings. The first-order valence-electron chi connectivity index (χ1n) is 12.1. The minimum absolute atomic E-state index is 0.0123. The van der Waals surface area contributed by atoms with E-state index in [1.807, 2.05) is 0 Å². The second-order valence-electron chi connectivity index (χ2n) is 8.24. The predicted octanol–water partition coefficient (Wildman–Crippen LogP) is 4.99. The molecule has 0 radical (unpaired) electrons. The molecule has 0 aliphatic heterocycles. The van der Waals surface area contributed by atoms with Gasteiger partial charge >= 0.3 is 5.97 Å². The Hall–Kier alpha value is -4.26. The highest BCUT2D eigenvalue weighted by Gasteiger charge is 2.24. The van der Waals surface area contributed by atoms with Crippen molar-refractivity contribution in [2.24, 2.45) is 0 Å². The van der Waals surface area contributed by atoms with Gasteiger partial charge in [0, 0.05) is 18.2 Å². The van der Waals surface area contributed by atoms with Crippen LogP contribution in [0.4, 0.5) is 23.0 Å². The number of hydrogen-bond acceptors (Lipinski definition) is 8. The number of amides is 1. The molecule has 11 nitrogen and oxygen atoms in total. The Morgan fingerprint density at radius 1 is 1.05 bits per heavy atom. The van der Waals surface area contributed by atoms with E-state index in [9.17, 15) is 18.4 Å². The van der Waals surface area contributed by atoms with Gasteiger partial charge in [-0.1, -0.05) is 29.8 Å². The third kappa shape index (κ3) is 6.84. The molecule has 0 saturated heterocycles. The molecule has 1 atom stereocenters. The van der Waals surface area contributed by atoms with Crippen molar-refractivity contribution in [2.45, 2.75) is 13.3 Å². The molecular formula is C27H26ClN5O6S. The lowest BCUT2D eigenvalue weighted by molar-refractivity contribution is -0.142. The number of benzene rings is 3. The number of aromatic nitrogens is 2. The van der Waals surface area contributed by atoms with Gasteiger partial charge in [0.25, 0.3) is 17.2 Å². The first-order chi connectivity index (χ1) is 19.3. The van der Waals surface area contributed by atoms with Crippen LogP contribution in [0.3, 0.4) is 0 Å². The minimum Gasteiger partial charge on any atom is -0.497 e. The van der Waals surface area contributed by atoms with E-state index >= 15 is 0 Å². The summed E-state index contributed by atoms with van der Waals surface area (Å²) in [6.07, 6.45) is 0.0145. The van der Waals surface area contributed by atoms with Crippen LogP contribution >= 0.6 is 11.6 Å². The number of halogens is 1. The molecule has 3 aromatic carbocycles. The van der Waals surface area contributed by atoms with Crippen LogP contribution in [-0.2, 0) is 20.8 Å². The average molecular weight is 584 g/mol.